The van der Waals surface area contributed by atoms with Gasteiger partial charge in [0.1, 0.15) is 5.75 Å². The highest BCUT2D eigenvalue weighted by molar-refractivity contribution is 9.11. The van der Waals surface area contributed by atoms with E-state index in [2.05, 4.69) is 37.0 Å². The fraction of sp³-hybridized carbons (Fsp3) is 0. The van der Waals surface area contributed by atoms with E-state index in [0.717, 1.165) is 10.4 Å². The van der Waals surface area contributed by atoms with Gasteiger partial charge in [0.05, 0.1) is 22.9 Å². The SMILES string of the molecule is O=C1c2cccc3cccc(c23)C(=O)N1/N=C\c1c(O)cc(Br)cc1Br. The molecule has 0 fully saturated rings. The maximum absolute atomic E-state index is 12.8. The van der Waals surface area contributed by atoms with E-state index in [1.807, 2.05) is 12.1 Å². The molecule has 0 saturated carbocycles. The monoisotopic (exact) mass is 472 g/mol. The van der Waals surface area contributed by atoms with E-state index in [-0.39, 0.29) is 5.75 Å². The minimum Gasteiger partial charge on any atom is -0.507 e. The summed E-state index contributed by atoms with van der Waals surface area (Å²) in [6.07, 6.45) is 1.29. The number of benzene rings is 3. The van der Waals surface area contributed by atoms with Crippen molar-refractivity contribution < 1.29 is 14.7 Å². The van der Waals surface area contributed by atoms with Crippen LogP contribution in [0.3, 0.4) is 0 Å². The predicted octanol–water partition coefficient (Wildman–Crippen LogP) is 4.70. The number of rotatable bonds is 2. The maximum atomic E-state index is 12.8. The number of imide groups is 1. The number of phenols is 1. The number of hydrogen-bond donors (Lipinski definition) is 1. The van der Waals surface area contributed by atoms with Crippen LogP contribution in [-0.2, 0) is 0 Å². The van der Waals surface area contributed by atoms with E-state index in [1.54, 1.807) is 30.3 Å². The van der Waals surface area contributed by atoms with Gasteiger partial charge in [-0.2, -0.15) is 10.1 Å². The maximum Gasteiger partial charge on any atom is 0.282 e. The van der Waals surface area contributed by atoms with Crippen LogP contribution in [0.4, 0.5) is 0 Å². The van der Waals surface area contributed by atoms with Gasteiger partial charge in [-0.1, -0.05) is 40.2 Å². The van der Waals surface area contributed by atoms with Crippen LogP contribution in [0.5, 0.6) is 5.75 Å². The molecule has 1 N–H and O–H groups in total. The summed E-state index contributed by atoms with van der Waals surface area (Å²) in [5, 5.41) is 16.4. The number of phenolic OH excluding ortho intramolecular Hbond substituents is 1. The standard InChI is InChI=1S/C19H10Br2N2O3/c20-11-7-15(21)14(16(24)8-11)9-22-23-18(25)12-5-1-3-10-4-2-6-13(17(10)12)19(23)26/h1-9,24H/b22-9-. The summed E-state index contributed by atoms with van der Waals surface area (Å²) in [4.78, 5) is 25.5. The van der Waals surface area contributed by atoms with Crippen molar-refractivity contribution in [1.29, 1.82) is 0 Å². The van der Waals surface area contributed by atoms with Crippen molar-refractivity contribution >= 4 is 60.7 Å². The Balaban J connectivity index is 1.80. The molecule has 2 amide bonds. The highest BCUT2D eigenvalue weighted by Gasteiger charge is 2.32. The van der Waals surface area contributed by atoms with Crippen LogP contribution >= 0.6 is 31.9 Å². The number of hydrazone groups is 1. The number of nitrogens with zero attached hydrogens (tertiary/aromatic N) is 2. The summed E-state index contributed by atoms with van der Waals surface area (Å²) in [6.45, 7) is 0. The van der Waals surface area contributed by atoms with Crippen LogP contribution in [-0.4, -0.2) is 28.1 Å². The lowest BCUT2D eigenvalue weighted by Gasteiger charge is -2.23. The third-order valence-corrected chi connectivity index (χ3v) is 5.24. The van der Waals surface area contributed by atoms with Gasteiger partial charge in [0.25, 0.3) is 11.8 Å². The molecule has 0 unspecified atom stereocenters. The fourth-order valence-electron chi connectivity index (χ4n) is 2.94. The molecule has 26 heavy (non-hydrogen) atoms. The number of aromatic hydroxyl groups is 1. The zero-order valence-electron chi connectivity index (χ0n) is 13.1. The van der Waals surface area contributed by atoms with Crippen LogP contribution in [0.1, 0.15) is 26.3 Å². The summed E-state index contributed by atoms with van der Waals surface area (Å²) in [6, 6.07) is 13.9. The second-order valence-electron chi connectivity index (χ2n) is 5.70. The van der Waals surface area contributed by atoms with Gasteiger partial charge >= 0.3 is 0 Å². The molecule has 4 rings (SSSR count). The number of halogens is 2. The topological polar surface area (TPSA) is 70.0 Å². The van der Waals surface area contributed by atoms with Gasteiger partial charge in [-0.15, -0.1) is 0 Å². The first-order valence-corrected chi connectivity index (χ1v) is 9.18. The fourth-order valence-corrected chi connectivity index (χ4v) is 4.24. The van der Waals surface area contributed by atoms with Crippen LogP contribution < -0.4 is 0 Å². The van der Waals surface area contributed by atoms with Crippen LogP contribution in [0.15, 0.2) is 62.6 Å². The van der Waals surface area contributed by atoms with E-state index in [0.29, 0.717) is 31.0 Å². The number of hydrogen-bond acceptors (Lipinski definition) is 4. The first-order chi connectivity index (χ1) is 12.5. The molecule has 0 atom stereocenters. The Labute approximate surface area is 165 Å². The Kier molecular flexibility index (Phi) is 4.13. The Hall–Kier alpha value is -2.51. The van der Waals surface area contributed by atoms with E-state index >= 15 is 0 Å². The molecule has 0 bridgehead atoms. The average Bonchev–Trinajstić information content (AvgIpc) is 2.61. The first-order valence-electron chi connectivity index (χ1n) is 7.60. The molecule has 3 aromatic rings. The lowest BCUT2D eigenvalue weighted by Crippen LogP contribution is -2.36. The van der Waals surface area contributed by atoms with Gasteiger partial charge < -0.3 is 5.11 Å². The van der Waals surface area contributed by atoms with Crippen molar-refractivity contribution in [2.45, 2.75) is 0 Å². The summed E-state index contributed by atoms with van der Waals surface area (Å²) in [5.74, 6) is -1.03. The van der Waals surface area contributed by atoms with Gasteiger partial charge in [0.15, 0.2) is 0 Å². The molecule has 0 aliphatic carbocycles. The van der Waals surface area contributed by atoms with E-state index in [9.17, 15) is 14.7 Å². The molecular formula is C19H10Br2N2O3. The van der Waals surface area contributed by atoms with Crippen LogP contribution in [0.2, 0.25) is 0 Å². The highest BCUT2D eigenvalue weighted by atomic mass is 79.9. The zero-order chi connectivity index (χ0) is 18.4. The molecule has 1 heterocycles. The Morgan fingerprint density at radius 1 is 0.962 bits per heavy atom. The van der Waals surface area contributed by atoms with Crippen molar-refractivity contribution in [2.24, 2.45) is 5.10 Å². The number of carbonyl (C=O) groups is 2. The van der Waals surface area contributed by atoms with Crippen molar-refractivity contribution in [1.82, 2.24) is 5.01 Å². The summed E-state index contributed by atoms with van der Waals surface area (Å²) >= 11 is 6.61. The molecule has 1 aliphatic heterocycles. The summed E-state index contributed by atoms with van der Waals surface area (Å²) in [7, 11) is 0. The molecule has 7 heteroatoms. The van der Waals surface area contributed by atoms with Crippen LogP contribution in [0.25, 0.3) is 10.8 Å². The smallest absolute Gasteiger partial charge is 0.282 e. The molecular weight excluding hydrogens is 464 g/mol. The van der Waals surface area contributed by atoms with Gasteiger partial charge in [-0.05, 0) is 45.6 Å². The minimum atomic E-state index is -0.497. The van der Waals surface area contributed by atoms with Gasteiger partial charge in [-0.3, -0.25) is 9.59 Å². The predicted molar refractivity (Wildman–Crippen MR) is 106 cm³/mol. The summed E-state index contributed by atoms with van der Waals surface area (Å²) in [5.41, 5.74) is 1.22. The quantitative estimate of drug-likeness (QED) is 0.433. The molecule has 3 aromatic carbocycles. The molecule has 128 valence electrons. The Morgan fingerprint density at radius 3 is 2.15 bits per heavy atom. The first kappa shape index (κ1) is 16.9. The van der Waals surface area contributed by atoms with E-state index in [1.165, 1.54) is 12.3 Å². The second kappa shape index (κ2) is 6.34. The van der Waals surface area contributed by atoms with E-state index < -0.39 is 11.8 Å². The van der Waals surface area contributed by atoms with Crippen molar-refractivity contribution in [2.75, 3.05) is 0 Å². The number of amides is 2. The van der Waals surface area contributed by atoms with E-state index in [4.69, 9.17) is 0 Å². The Bertz CT molecular complexity index is 1050. The molecule has 1 aliphatic rings. The van der Waals surface area contributed by atoms with Crippen molar-refractivity contribution in [3.63, 3.8) is 0 Å². The van der Waals surface area contributed by atoms with Crippen molar-refractivity contribution in [3.05, 3.63) is 74.2 Å². The Morgan fingerprint density at radius 2 is 1.58 bits per heavy atom. The minimum absolute atomic E-state index is 0.0330. The molecule has 5 nitrogen and oxygen atoms in total. The number of carbonyl (C=O) groups excluding carboxylic acids is 2. The lowest BCUT2D eigenvalue weighted by atomic mass is 9.95. The average molecular weight is 474 g/mol. The molecule has 0 spiro atoms. The zero-order valence-corrected chi connectivity index (χ0v) is 16.3. The second-order valence-corrected chi connectivity index (χ2v) is 7.47. The normalized spacial score (nSPS) is 13.8. The third-order valence-electron chi connectivity index (χ3n) is 4.13. The van der Waals surface area contributed by atoms with Gasteiger partial charge in [-0.25, -0.2) is 0 Å². The van der Waals surface area contributed by atoms with Gasteiger partial charge in [0, 0.05) is 14.3 Å². The third kappa shape index (κ3) is 2.64. The van der Waals surface area contributed by atoms with Crippen LogP contribution in [0, 0.1) is 0 Å². The van der Waals surface area contributed by atoms with Gasteiger partial charge in [0.2, 0.25) is 0 Å². The summed E-state index contributed by atoms with van der Waals surface area (Å²) < 4.78 is 1.26. The molecule has 0 radical (unpaired) electrons. The lowest BCUT2D eigenvalue weighted by molar-refractivity contribution is 0.0616. The van der Waals surface area contributed by atoms with Crippen molar-refractivity contribution in [3.8, 4) is 5.75 Å². The molecule has 0 aromatic heterocycles. The highest BCUT2D eigenvalue weighted by Crippen LogP contribution is 2.31. The largest absolute Gasteiger partial charge is 0.507 e. The molecule has 0 saturated heterocycles.